The topological polar surface area (TPSA) is 71.4 Å². The first-order chi connectivity index (χ1) is 8.27. The first-order valence-corrected chi connectivity index (χ1v) is 7.56. The molecule has 1 aromatic carbocycles. The number of carboxylic acid groups (broad SMARTS) is 1. The molecule has 6 heteroatoms. The third kappa shape index (κ3) is 3.46. The number of hydrogen-bond donors (Lipinski definition) is 1. The Morgan fingerprint density at radius 3 is 2.56 bits per heavy atom. The highest BCUT2D eigenvalue weighted by molar-refractivity contribution is 7.91. The molecule has 1 aromatic rings. The van der Waals surface area contributed by atoms with Gasteiger partial charge in [0.2, 0.25) is 0 Å². The molecule has 4 nitrogen and oxygen atoms in total. The van der Waals surface area contributed by atoms with Gasteiger partial charge in [0, 0.05) is 0 Å². The SMILES string of the molecule is CCC(C)CS(=O)(=O)c1ccc(Cl)c(C(=O)O)c1. The van der Waals surface area contributed by atoms with Crippen molar-refractivity contribution in [3.63, 3.8) is 0 Å². The zero-order chi connectivity index (χ0) is 13.9. The van der Waals surface area contributed by atoms with E-state index in [0.717, 1.165) is 12.5 Å². The Balaban J connectivity index is 3.18. The number of halogens is 1. The predicted octanol–water partition coefficient (Wildman–Crippen LogP) is 2.86. The summed E-state index contributed by atoms with van der Waals surface area (Å²) < 4.78 is 24.1. The quantitative estimate of drug-likeness (QED) is 0.905. The highest BCUT2D eigenvalue weighted by Crippen LogP contribution is 2.22. The fourth-order valence-corrected chi connectivity index (χ4v) is 3.40. The van der Waals surface area contributed by atoms with Crippen molar-refractivity contribution in [1.82, 2.24) is 0 Å². The number of benzene rings is 1. The number of carbonyl (C=O) groups is 1. The van der Waals surface area contributed by atoms with Gasteiger partial charge >= 0.3 is 5.97 Å². The maximum atomic E-state index is 12.1. The lowest BCUT2D eigenvalue weighted by atomic mass is 10.2. The van der Waals surface area contributed by atoms with Gasteiger partial charge in [-0.1, -0.05) is 31.9 Å². The van der Waals surface area contributed by atoms with Crippen molar-refractivity contribution in [2.24, 2.45) is 5.92 Å². The summed E-state index contributed by atoms with van der Waals surface area (Å²) >= 11 is 5.70. The van der Waals surface area contributed by atoms with Crippen LogP contribution in [0.5, 0.6) is 0 Å². The van der Waals surface area contributed by atoms with Crippen molar-refractivity contribution < 1.29 is 18.3 Å². The highest BCUT2D eigenvalue weighted by Gasteiger charge is 2.20. The summed E-state index contributed by atoms with van der Waals surface area (Å²) in [6.45, 7) is 3.75. The average Bonchev–Trinajstić information content (AvgIpc) is 2.28. The van der Waals surface area contributed by atoms with Gasteiger partial charge in [-0.15, -0.1) is 0 Å². The molecule has 0 saturated carbocycles. The van der Waals surface area contributed by atoms with Crippen LogP contribution in [0.15, 0.2) is 23.1 Å². The van der Waals surface area contributed by atoms with Crippen LogP contribution in [-0.2, 0) is 9.84 Å². The number of rotatable bonds is 5. The van der Waals surface area contributed by atoms with Crippen molar-refractivity contribution in [1.29, 1.82) is 0 Å². The van der Waals surface area contributed by atoms with Crippen LogP contribution < -0.4 is 0 Å². The first-order valence-electron chi connectivity index (χ1n) is 5.53. The van der Waals surface area contributed by atoms with Crippen LogP contribution in [0.2, 0.25) is 5.02 Å². The van der Waals surface area contributed by atoms with E-state index >= 15 is 0 Å². The summed E-state index contributed by atoms with van der Waals surface area (Å²) in [4.78, 5) is 10.9. The van der Waals surface area contributed by atoms with E-state index in [0.29, 0.717) is 0 Å². The molecule has 0 spiro atoms. The minimum absolute atomic E-state index is 0.00416. The first kappa shape index (κ1) is 15.0. The second kappa shape index (κ2) is 5.71. The monoisotopic (exact) mass is 290 g/mol. The van der Waals surface area contributed by atoms with E-state index in [1.165, 1.54) is 12.1 Å². The van der Waals surface area contributed by atoms with E-state index in [4.69, 9.17) is 16.7 Å². The summed E-state index contributed by atoms with van der Waals surface area (Å²) in [7, 11) is -3.47. The molecule has 0 heterocycles. The third-order valence-corrected chi connectivity index (χ3v) is 5.04. The van der Waals surface area contributed by atoms with E-state index in [-0.39, 0.29) is 27.2 Å². The van der Waals surface area contributed by atoms with Crippen molar-refractivity contribution in [3.05, 3.63) is 28.8 Å². The number of hydrogen-bond acceptors (Lipinski definition) is 3. The Morgan fingerprint density at radius 2 is 2.06 bits per heavy atom. The second-order valence-corrected chi connectivity index (χ2v) is 6.68. The zero-order valence-electron chi connectivity index (χ0n) is 10.2. The minimum Gasteiger partial charge on any atom is -0.478 e. The zero-order valence-corrected chi connectivity index (χ0v) is 11.8. The van der Waals surface area contributed by atoms with Gasteiger partial charge in [-0.05, 0) is 24.1 Å². The summed E-state index contributed by atoms with van der Waals surface area (Å²) in [5.74, 6) is -1.20. The Kier molecular flexibility index (Phi) is 4.76. The van der Waals surface area contributed by atoms with Gasteiger partial charge in [-0.25, -0.2) is 13.2 Å². The minimum atomic E-state index is -3.47. The molecule has 0 fully saturated rings. The average molecular weight is 291 g/mol. The summed E-state index contributed by atoms with van der Waals surface area (Å²) in [5, 5.41) is 8.94. The van der Waals surface area contributed by atoms with Crippen LogP contribution in [-0.4, -0.2) is 25.2 Å². The molecule has 0 aliphatic heterocycles. The van der Waals surface area contributed by atoms with E-state index in [9.17, 15) is 13.2 Å². The Labute approximate surface area is 112 Å². The molecule has 1 unspecified atom stereocenters. The maximum absolute atomic E-state index is 12.1. The van der Waals surface area contributed by atoms with Crippen molar-refractivity contribution >= 4 is 27.4 Å². The Bertz CT molecular complexity index is 551. The summed E-state index contributed by atoms with van der Waals surface area (Å²) in [5.41, 5.74) is -0.193. The van der Waals surface area contributed by atoms with Crippen LogP contribution in [0.3, 0.4) is 0 Å². The Hall–Kier alpha value is -1.07. The molecular formula is C12H15ClO4S. The number of sulfone groups is 1. The molecule has 0 aliphatic carbocycles. The van der Waals surface area contributed by atoms with Gasteiger partial charge in [0.05, 0.1) is 21.2 Å². The lowest BCUT2D eigenvalue weighted by Crippen LogP contribution is -2.14. The number of aromatic carboxylic acids is 1. The molecule has 0 aromatic heterocycles. The van der Waals surface area contributed by atoms with Crippen molar-refractivity contribution in [2.75, 3.05) is 5.75 Å². The predicted molar refractivity (Wildman–Crippen MR) is 69.9 cm³/mol. The van der Waals surface area contributed by atoms with Crippen LogP contribution in [0.1, 0.15) is 30.6 Å². The van der Waals surface area contributed by atoms with E-state index in [1.807, 2.05) is 13.8 Å². The largest absolute Gasteiger partial charge is 0.478 e. The van der Waals surface area contributed by atoms with E-state index in [2.05, 4.69) is 0 Å². The second-order valence-electron chi connectivity index (χ2n) is 4.24. The molecule has 0 radical (unpaired) electrons. The van der Waals surface area contributed by atoms with Gasteiger partial charge < -0.3 is 5.11 Å². The lowest BCUT2D eigenvalue weighted by Gasteiger charge is -2.10. The van der Waals surface area contributed by atoms with Crippen molar-refractivity contribution in [2.45, 2.75) is 25.2 Å². The van der Waals surface area contributed by atoms with Gasteiger partial charge in [0.1, 0.15) is 0 Å². The highest BCUT2D eigenvalue weighted by atomic mass is 35.5. The molecular weight excluding hydrogens is 276 g/mol. The molecule has 100 valence electrons. The molecule has 0 saturated heterocycles. The summed E-state index contributed by atoms with van der Waals surface area (Å²) in [6.07, 6.45) is 0.749. The fraction of sp³-hybridized carbons (Fsp3) is 0.417. The fourth-order valence-electron chi connectivity index (χ4n) is 1.45. The molecule has 1 N–H and O–H groups in total. The normalized spacial score (nSPS) is 13.3. The standard InChI is InChI=1S/C12H15ClO4S/c1-3-8(2)7-18(16,17)9-4-5-11(13)10(6-9)12(14)15/h4-6,8H,3,7H2,1-2H3,(H,14,15). The van der Waals surface area contributed by atoms with Crippen LogP contribution >= 0.6 is 11.6 Å². The Morgan fingerprint density at radius 1 is 1.44 bits per heavy atom. The molecule has 0 amide bonds. The maximum Gasteiger partial charge on any atom is 0.337 e. The van der Waals surface area contributed by atoms with Crippen LogP contribution in [0, 0.1) is 5.92 Å². The van der Waals surface area contributed by atoms with E-state index in [1.54, 1.807) is 0 Å². The smallest absolute Gasteiger partial charge is 0.337 e. The van der Waals surface area contributed by atoms with Gasteiger partial charge in [0.15, 0.2) is 9.84 Å². The van der Waals surface area contributed by atoms with Crippen molar-refractivity contribution in [3.8, 4) is 0 Å². The van der Waals surface area contributed by atoms with E-state index < -0.39 is 15.8 Å². The lowest BCUT2D eigenvalue weighted by molar-refractivity contribution is 0.0697. The molecule has 18 heavy (non-hydrogen) atoms. The summed E-state index contributed by atoms with van der Waals surface area (Å²) in [6, 6.07) is 3.75. The van der Waals surface area contributed by atoms with Gasteiger partial charge in [0.25, 0.3) is 0 Å². The van der Waals surface area contributed by atoms with Gasteiger partial charge in [-0.2, -0.15) is 0 Å². The van der Waals surface area contributed by atoms with Crippen LogP contribution in [0.25, 0.3) is 0 Å². The third-order valence-electron chi connectivity index (χ3n) is 2.73. The molecule has 0 aliphatic rings. The molecule has 1 atom stereocenters. The molecule has 0 bridgehead atoms. The van der Waals surface area contributed by atoms with Gasteiger partial charge in [-0.3, -0.25) is 0 Å². The van der Waals surface area contributed by atoms with Crippen LogP contribution in [0.4, 0.5) is 0 Å². The number of carboxylic acids is 1. The molecule has 1 rings (SSSR count).